The molecule has 16 heavy (non-hydrogen) atoms. The van der Waals surface area contributed by atoms with Crippen molar-refractivity contribution in [1.82, 2.24) is 0 Å². The number of allylic oxidation sites excluding steroid dienone is 2. The van der Waals surface area contributed by atoms with Crippen LogP contribution in [0.25, 0.3) is 0 Å². The van der Waals surface area contributed by atoms with Crippen LogP contribution >= 0.6 is 0 Å². The number of ether oxygens (including phenoxy) is 1. The molecule has 2 heteroatoms. The molecule has 0 aromatic carbocycles. The van der Waals surface area contributed by atoms with Crippen molar-refractivity contribution in [3.8, 4) is 0 Å². The van der Waals surface area contributed by atoms with Crippen molar-refractivity contribution in [3.05, 3.63) is 37.0 Å². The summed E-state index contributed by atoms with van der Waals surface area (Å²) in [5.74, 6) is -0.323. The molecule has 0 rings (SSSR count). The summed E-state index contributed by atoms with van der Waals surface area (Å²) in [6, 6.07) is 0. The topological polar surface area (TPSA) is 26.3 Å². The van der Waals surface area contributed by atoms with Crippen molar-refractivity contribution in [3.63, 3.8) is 0 Å². The van der Waals surface area contributed by atoms with Crippen molar-refractivity contribution in [2.24, 2.45) is 0 Å². The summed E-state index contributed by atoms with van der Waals surface area (Å²) < 4.78 is 4.91. The van der Waals surface area contributed by atoms with Gasteiger partial charge in [-0.3, -0.25) is 0 Å². The van der Waals surface area contributed by atoms with Crippen LogP contribution in [0.2, 0.25) is 0 Å². The Labute approximate surface area is 98.7 Å². The molecular formula is C14H22O2. The van der Waals surface area contributed by atoms with E-state index in [1.807, 2.05) is 12.2 Å². The van der Waals surface area contributed by atoms with Gasteiger partial charge >= 0.3 is 5.97 Å². The fourth-order valence-corrected chi connectivity index (χ4v) is 1.16. The number of hydrogen-bond donors (Lipinski definition) is 0. The van der Waals surface area contributed by atoms with E-state index in [1.54, 1.807) is 6.92 Å². The molecular weight excluding hydrogens is 200 g/mol. The highest BCUT2D eigenvalue weighted by atomic mass is 16.5. The standard InChI is InChI=1S/C14H22O2/c1-4-5-6-7-8-9-10-11-12-16-14(15)13(2)3/h4,10-11H,1-2,5-9,12H2,3H3. The first kappa shape index (κ1) is 14.7. The monoisotopic (exact) mass is 222 g/mol. The Kier molecular flexibility index (Phi) is 9.38. The zero-order chi connectivity index (χ0) is 12.2. The third-order valence-corrected chi connectivity index (χ3v) is 2.10. The van der Waals surface area contributed by atoms with Crippen LogP contribution in [0.5, 0.6) is 0 Å². The minimum Gasteiger partial charge on any atom is -0.458 e. The van der Waals surface area contributed by atoms with Gasteiger partial charge in [0.05, 0.1) is 0 Å². The van der Waals surface area contributed by atoms with Crippen molar-refractivity contribution in [1.29, 1.82) is 0 Å². The third-order valence-electron chi connectivity index (χ3n) is 2.10. The van der Waals surface area contributed by atoms with Gasteiger partial charge in [0.25, 0.3) is 0 Å². The molecule has 0 radical (unpaired) electrons. The summed E-state index contributed by atoms with van der Waals surface area (Å²) in [6.45, 7) is 9.18. The Hall–Kier alpha value is -1.31. The second-order valence-electron chi connectivity index (χ2n) is 3.78. The van der Waals surface area contributed by atoms with Gasteiger partial charge in [0, 0.05) is 5.57 Å². The van der Waals surface area contributed by atoms with E-state index in [1.165, 1.54) is 19.3 Å². The lowest BCUT2D eigenvalue weighted by Crippen LogP contribution is -2.04. The second-order valence-corrected chi connectivity index (χ2v) is 3.78. The van der Waals surface area contributed by atoms with Gasteiger partial charge in [0.2, 0.25) is 0 Å². The fourth-order valence-electron chi connectivity index (χ4n) is 1.16. The zero-order valence-electron chi connectivity index (χ0n) is 10.2. The minimum absolute atomic E-state index is 0.323. The first-order valence-corrected chi connectivity index (χ1v) is 5.77. The predicted molar refractivity (Wildman–Crippen MR) is 68.2 cm³/mol. The number of esters is 1. The third kappa shape index (κ3) is 9.25. The van der Waals surface area contributed by atoms with Gasteiger partial charge in [-0.2, -0.15) is 0 Å². The SMILES string of the molecule is C=CCCCCCC=CCOC(=O)C(=C)C. The van der Waals surface area contributed by atoms with Gasteiger partial charge in [-0.25, -0.2) is 4.79 Å². The summed E-state index contributed by atoms with van der Waals surface area (Å²) in [5.41, 5.74) is 0.442. The van der Waals surface area contributed by atoms with Gasteiger partial charge in [0.15, 0.2) is 0 Å². The number of hydrogen-bond acceptors (Lipinski definition) is 2. The highest BCUT2D eigenvalue weighted by Crippen LogP contribution is 2.03. The molecule has 0 aromatic heterocycles. The number of rotatable bonds is 9. The maximum Gasteiger partial charge on any atom is 0.333 e. The molecule has 0 fully saturated rings. The predicted octanol–water partition coefficient (Wildman–Crippen LogP) is 3.80. The first-order valence-electron chi connectivity index (χ1n) is 5.77. The lowest BCUT2D eigenvalue weighted by atomic mass is 10.1. The average Bonchev–Trinajstić information content (AvgIpc) is 2.26. The molecule has 0 aliphatic carbocycles. The summed E-state index contributed by atoms with van der Waals surface area (Å²) in [5, 5.41) is 0. The molecule has 0 unspecified atom stereocenters. The Morgan fingerprint density at radius 3 is 2.50 bits per heavy atom. The number of carbonyl (C=O) groups is 1. The maximum absolute atomic E-state index is 11.0. The fraction of sp³-hybridized carbons (Fsp3) is 0.500. The van der Waals surface area contributed by atoms with Crippen molar-refractivity contribution < 1.29 is 9.53 Å². The average molecular weight is 222 g/mol. The number of carbonyl (C=O) groups excluding carboxylic acids is 1. The molecule has 0 aliphatic rings. The molecule has 2 nitrogen and oxygen atoms in total. The van der Waals surface area contributed by atoms with Crippen LogP contribution in [-0.4, -0.2) is 12.6 Å². The van der Waals surface area contributed by atoms with Crippen molar-refractivity contribution >= 4 is 5.97 Å². The molecule has 0 amide bonds. The van der Waals surface area contributed by atoms with Crippen LogP contribution in [0.1, 0.15) is 39.0 Å². The normalized spacial score (nSPS) is 10.3. The van der Waals surface area contributed by atoms with E-state index in [9.17, 15) is 4.79 Å². The van der Waals surface area contributed by atoms with E-state index in [0.29, 0.717) is 12.2 Å². The van der Waals surface area contributed by atoms with Gasteiger partial charge in [-0.15, -0.1) is 6.58 Å². The number of unbranched alkanes of at least 4 members (excludes halogenated alkanes) is 4. The summed E-state index contributed by atoms with van der Waals surface area (Å²) in [6.07, 6.45) is 11.6. The molecule has 0 heterocycles. The first-order chi connectivity index (χ1) is 7.68. The van der Waals surface area contributed by atoms with Gasteiger partial charge in [0.1, 0.15) is 6.61 Å². The largest absolute Gasteiger partial charge is 0.458 e. The Morgan fingerprint density at radius 1 is 1.19 bits per heavy atom. The van der Waals surface area contributed by atoms with E-state index in [4.69, 9.17) is 4.74 Å². The molecule has 0 aromatic rings. The second kappa shape index (κ2) is 10.2. The summed E-state index contributed by atoms with van der Waals surface area (Å²) in [7, 11) is 0. The lowest BCUT2D eigenvalue weighted by Gasteiger charge is -1.99. The van der Waals surface area contributed by atoms with Crippen LogP contribution in [0.4, 0.5) is 0 Å². The van der Waals surface area contributed by atoms with Crippen LogP contribution < -0.4 is 0 Å². The van der Waals surface area contributed by atoms with Crippen LogP contribution in [0.15, 0.2) is 37.0 Å². The van der Waals surface area contributed by atoms with Crippen molar-refractivity contribution in [2.75, 3.05) is 6.61 Å². The smallest absolute Gasteiger partial charge is 0.333 e. The quantitative estimate of drug-likeness (QED) is 0.257. The van der Waals surface area contributed by atoms with Gasteiger partial charge in [-0.05, 0) is 32.6 Å². The maximum atomic E-state index is 11.0. The molecule has 0 atom stereocenters. The molecule has 0 bridgehead atoms. The van der Waals surface area contributed by atoms with Crippen LogP contribution in [-0.2, 0) is 9.53 Å². The highest BCUT2D eigenvalue weighted by Gasteiger charge is 1.99. The van der Waals surface area contributed by atoms with E-state index < -0.39 is 0 Å². The van der Waals surface area contributed by atoms with E-state index in [0.717, 1.165) is 12.8 Å². The molecule has 0 saturated heterocycles. The van der Waals surface area contributed by atoms with Crippen molar-refractivity contribution in [2.45, 2.75) is 39.0 Å². The van der Waals surface area contributed by atoms with Gasteiger partial charge in [-0.1, -0.05) is 31.2 Å². The van der Waals surface area contributed by atoms with Gasteiger partial charge < -0.3 is 4.74 Å². The van der Waals surface area contributed by atoms with Crippen LogP contribution in [0.3, 0.4) is 0 Å². The molecule has 0 aliphatic heterocycles. The molecule has 0 saturated carbocycles. The molecule has 0 N–H and O–H groups in total. The minimum atomic E-state index is -0.323. The summed E-state index contributed by atoms with van der Waals surface area (Å²) >= 11 is 0. The van der Waals surface area contributed by atoms with Crippen LogP contribution in [0, 0.1) is 0 Å². The van der Waals surface area contributed by atoms with E-state index in [-0.39, 0.29) is 5.97 Å². The molecule has 90 valence electrons. The Balaban J connectivity index is 3.31. The highest BCUT2D eigenvalue weighted by molar-refractivity contribution is 5.86. The lowest BCUT2D eigenvalue weighted by molar-refractivity contribution is -0.137. The summed E-state index contributed by atoms with van der Waals surface area (Å²) in [4.78, 5) is 11.0. The van der Waals surface area contributed by atoms with E-state index in [2.05, 4.69) is 19.2 Å². The molecule has 0 spiro atoms. The zero-order valence-corrected chi connectivity index (χ0v) is 10.2. The Bertz CT molecular complexity index is 251. The Morgan fingerprint density at radius 2 is 1.88 bits per heavy atom. The van der Waals surface area contributed by atoms with E-state index >= 15 is 0 Å².